The molecule has 2 amide bonds. The van der Waals surface area contributed by atoms with Gasteiger partial charge in [-0.05, 0) is 103 Å². The summed E-state index contributed by atoms with van der Waals surface area (Å²) >= 11 is 0. The molecule has 0 radical (unpaired) electrons. The van der Waals surface area contributed by atoms with Crippen molar-refractivity contribution in [2.45, 2.75) is 65.1 Å². The summed E-state index contributed by atoms with van der Waals surface area (Å²) in [6, 6.07) is 3.05. The summed E-state index contributed by atoms with van der Waals surface area (Å²) in [7, 11) is 11.3. The number of aliphatic hydroxyl groups excluding tert-OH is 2. The molecule has 1 aliphatic rings. The second-order valence-electron chi connectivity index (χ2n) is 16.6. The van der Waals surface area contributed by atoms with Crippen molar-refractivity contribution in [3.8, 4) is 11.5 Å². The summed E-state index contributed by atoms with van der Waals surface area (Å²) in [5.74, 6) is -0.116. The van der Waals surface area contributed by atoms with E-state index in [0.29, 0.717) is 134 Å². The Labute approximate surface area is 332 Å². The van der Waals surface area contributed by atoms with Gasteiger partial charge in [0.1, 0.15) is 5.75 Å². The molecule has 57 heavy (non-hydrogen) atoms. The van der Waals surface area contributed by atoms with E-state index in [1.54, 1.807) is 6.07 Å². The first-order valence-corrected chi connectivity index (χ1v) is 19.7. The number of phenolic OH excluding ortho intramolecular Hbond substituents is 1. The molecule has 0 bridgehead atoms. The molecule has 0 spiro atoms. The van der Waals surface area contributed by atoms with Crippen molar-refractivity contribution in [2.75, 3.05) is 74.0 Å². The lowest BCUT2D eigenvalue weighted by Gasteiger charge is -2.25. The van der Waals surface area contributed by atoms with Crippen molar-refractivity contribution in [2.24, 2.45) is 0 Å². The smallest absolute Gasteiger partial charge is 0.230 e. The molecule has 0 unspecified atom stereocenters. The van der Waals surface area contributed by atoms with Crippen LogP contribution in [0.1, 0.15) is 66.8 Å². The summed E-state index contributed by atoms with van der Waals surface area (Å²) in [5.41, 5.74) is 3.28. The number of nitrogens with zero attached hydrogens (tertiary/aromatic N) is 2. The Bertz CT molecular complexity index is 2510. The van der Waals surface area contributed by atoms with Crippen molar-refractivity contribution >= 4 is 66.7 Å². The number of likely N-dealkylation sites (N-methyl/N-ethyl adjacent to an activating group) is 1. The van der Waals surface area contributed by atoms with Crippen molar-refractivity contribution in [1.82, 2.24) is 15.5 Å². The Balaban J connectivity index is 1.57. The molecule has 304 valence electrons. The van der Waals surface area contributed by atoms with E-state index in [9.17, 15) is 34.5 Å². The lowest BCUT2D eigenvalue weighted by Crippen LogP contribution is -2.45. The molecule has 1 aliphatic carbocycles. The zero-order valence-corrected chi connectivity index (χ0v) is 34.2. The van der Waals surface area contributed by atoms with Gasteiger partial charge in [-0.15, -0.1) is 0 Å². The van der Waals surface area contributed by atoms with Crippen LogP contribution in [0.2, 0.25) is 0 Å². The van der Waals surface area contributed by atoms with Crippen molar-refractivity contribution < 1.29 is 34.1 Å². The fourth-order valence-electron chi connectivity index (χ4n) is 8.35. The van der Waals surface area contributed by atoms with Crippen LogP contribution < -0.4 is 31.5 Å². The number of quaternary nitrogens is 1. The molecule has 0 saturated heterocycles. The predicted octanol–water partition coefficient (Wildman–Crippen LogP) is 3.92. The number of ether oxygens (including phenoxy) is 1. The van der Waals surface area contributed by atoms with Crippen LogP contribution in [0.3, 0.4) is 0 Å². The zero-order chi connectivity index (χ0) is 41.3. The highest BCUT2D eigenvalue weighted by molar-refractivity contribution is 6.38. The second kappa shape index (κ2) is 16.8. The van der Waals surface area contributed by atoms with Crippen LogP contribution in [0.15, 0.2) is 27.3 Å². The molecule has 6 rings (SSSR count). The molecule has 0 fully saturated rings. The van der Waals surface area contributed by atoms with E-state index in [1.807, 2.05) is 53.1 Å². The van der Waals surface area contributed by atoms with Crippen molar-refractivity contribution in [3.63, 3.8) is 0 Å². The van der Waals surface area contributed by atoms with Crippen LogP contribution in [-0.4, -0.2) is 105 Å². The average molecular weight is 783 g/mol. The van der Waals surface area contributed by atoms with Crippen molar-refractivity contribution in [3.05, 3.63) is 66.0 Å². The summed E-state index contributed by atoms with van der Waals surface area (Å²) < 4.78 is 6.52. The SMILES string of the molecule is COc1c2c3c4c(c(CCCCC(=O)NC[N+](C)(C)C)c(O)c5c(=O)cc(CO)c(c6c(CO)cc(NCCCC(=O)NCCN(C)C)c(c1=O)c63)c54)C=C(C)C2. The molecule has 13 nitrogen and oxygen atoms in total. The number of methoxy groups -OCH3 is 1. The largest absolute Gasteiger partial charge is 0.507 e. The number of nitrogens with one attached hydrogen (secondary N) is 3. The standard InChI is InChI=1S/C44H55N5O8/c1-24-17-28-27(11-8-9-12-33(54)47-23-49(4,5)6)42(55)39-31(52)20-26(22-51)35-34-25(21-50)19-30(45-14-10-13-32(53)46-15-16-48(2)3)38-40(34)37(36(28)41(35)39)29(18-24)44(57-7)43(38)56/h17,19-20,50-51H,8-16,18,21-23H2,1-7H3,(H3-,45,46,47,52,53,54,55,56)/p+1. The number of carbonyl (C=O) groups excluding carboxylic acids is 2. The van der Waals surface area contributed by atoms with Gasteiger partial charge in [0.2, 0.25) is 17.2 Å². The number of hydrogen-bond acceptors (Lipinski definition) is 10. The van der Waals surface area contributed by atoms with Crippen LogP contribution in [0.5, 0.6) is 11.5 Å². The van der Waals surface area contributed by atoms with E-state index in [4.69, 9.17) is 4.74 Å². The third-order valence-electron chi connectivity index (χ3n) is 10.9. The molecule has 6 N–H and O–H groups in total. The van der Waals surface area contributed by atoms with E-state index in [-0.39, 0.29) is 40.5 Å². The first-order valence-electron chi connectivity index (χ1n) is 19.7. The minimum absolute atomic E-state index is 0.0569. The molecule has 13 heteroatoms. The number of anilines is 1. The number of fused-ring (bicyclic) bond motifs is 1. The third kappa shape index (κ3) is 8.07. The number of amides is 2. The van der Waals surface area contributed by atoms with Gasteiger partial charge < -0.3 is 45.4 Å². The van der Waals surface area contributed by atoms with Gasteiger partial charge in [-0.25, -0.2) is 0 Å². The van der Waals surface area contributed by atoms with Crippen LogP contribution in [-0.2, 0) is 35.6 Å². The quantitative estimate of drug-likeness (QED) is 0.0251. The highest BCUT2D eigenvalue weighted by atomic mass is 16.5. The van der Waals surface area contributed by atoms with Gasteiger partial charge in [-0.1, -0.05) is 11.6 Å². The Morgan fingerprint density at radius 2 is 1.47 bits per heavy atom. The van der Waals surface area contributed by atoms with Gasteiger partial charge in [0.15, 0.2) is 17.8 Å². The van der Waals surface area contributed by atoms with Crippen LogP contribution in [0.4, 0.5) is 5.69 Å². The van der Waals surface area contributed by atoms with Gasteiger partial charge in [-0.3, -0.25) is 19.2 Å². The maximum Gasteiger partial charge on any atom is 0.230 e. The van der Waals surface area contributed by atoms with Crippen molar-refractivity contribution in [1.29, 1.82) is 0 Å². The number of allylic oxidation sites excluding steroid dienone is 1. The van der Waals surface area contributed by atoms with Gasteiger partial charge in [0.05, 0.1) is 52.2 Å². The van der Waals surface area contributed by atoms with Gasteiger partial charge in [0, 0.05) is 60.1 Å². The minimum Gasteiger partial charge on any atom is -0.507 e. The molecule has 0 heterocycles. The summed E-state index contributed by atoms with van der Waals surface area (Å²) in [4.78, 5) is 55.9. The number of aromatic hydroxyl groups is 1. The first kappa shape index (κ1) is 41.6. The van der Waals surface area contributed by atoms with E-state index in [1.165, 1.54) is 13.2 Å². The number of benzene rings is 5. The van der Waals surface area contributed by atoms with Crippen LogP contribution >= 0.6 is 0 Å². The van der Waals surface area contributed by atoms with Crippen LogP contribution in [0.25, 0.3) is 49.2 Å². The Morgan fingerprint density at radius 1 is 0.825 bits per heavy atom. The molecule has 0 aliphatic heterocycles. The summed E-state index contributed by atoms with van der Waals surface area (Å²) in [5, 5.41) is 47.0. The molecule has 0 atom stereocenters. The first-order chi connectivity index (χ1) is 27.1. The maximum absolute atomic E-state index is 14.7. The fraction of sp³-hybridized carbons (Fsp3) is 0.455. The molecular weight excluding hydrogens is 727 g/mol. The molecule has 0 saturated carbocycles. The minimum atomic E-state index is -0.492. The fourth-order valence-corrected chi connectivity index (χ4v) is 8.35. The third-order valence-corrected chi connectivity index (χ3v) is 10.9. The molecular formula is C44H56N5O8+. The summed E-state index contributed by atoms with van der Waals surface area (Å²) in [6.45, 7) is 3.17. The number of aliphatic hydroxyl groups is 2. The van der Waals surface area contributed by atoms with E-state index >= 15 is 0 Å². The van der Waals surface area contributed by atoms with E-state index < -0.39 is 18.6 Å². The number of phenols is 1. The highest BCUT2D eigenvalue weighted by Crippen LogP contribution is 2.52. The number of hydrogen-bond donors (Lipinski definition) is 6. The van der Waals surface area contributed by atoms with Gasteiger partial charge in [0.25, 0.3) is 0 Å². The molecule has 5 aromatic carbocycles. The number of carbonyl (C=O) groups is 2. The summed E-state index contributed by atoms with van der Waals surface area (Å²) in [6.07, 6.45) is 4.91. The monoisotopic (exact) mass is 782 g/mol. The Hall–Kier alpha value is -5.08. The predicted molar refractivity (Wildman–Crippen MR) is 227 cm³/mol. The highest BCUT2D eigenvalue weighted by Gasteiger charge is 2.32. The van der Waals surface area contributed by atoms with E-state index in [2.05, 4.69) is 16.0 Å². The lowest BCUT2D eigenvalue weighted by atomic mass is 9.80. The zero-order valence-electron chi connectivity index (χ0n) is 34.2. The Morgan fingerprint density at radius 3 is 2.12 bits per heavy atom. The normalized spacial score (nSPS) is 13.0. The van der Waals surface area contributed by atoms with Crippen LogP contribution in [0, 0.1) is 0 Å². The van der Waals surface area contributed by atoms with Gasteiger partial charge >= 0.3 is 0 Å². The van der Waals surface area contributed by atoms with E-state index in [0.717, 1.165) is 12.1 Å². The topological polar surface area (TPSA) is 178 Å². The lowest BCUT2D eigenvalue weighted by molar-refractivity contribution is -0.872. The second-order valence-corrected chi connectivity index (χ2v) is 16.6. The maximum atomic E-state index is 14.7. The average Bonchev–Trinajstić information content (AvgIpc) is 3.30. The number of unbranched alkanes of at least 4 members (excludes halogenated alkanes) is 1. The van der Waals surface area contributed by atoms with Gasteiger partial charge in [-0.2, -0.15) is 0 Å². The number of rotatable bonds is 18. The molecule has 0 aromatic heterocycles. The molecule has 5 aromatic rings. The Kier molecular flexibility index (Phi) is 12.2.